The third-order valence-electron chi connectivity index (χ3n) is 4.22. The van der Waals surface area contributed by atoms with Crippen LogP contribution in [-0.4, -0.2) is 12.2 Å². The molecule has 0 amide bonds. The number of hydrogen-bond acceptors (Lipinski definition) is 1. The van der Waals surface area contributed by atoms with E-state index in [1.807, 2.05) is 19.1 Å². The maximum Gasteiger partial charge on any atom is 0.391 e. The lowest BCUT2D eigenvalue weighted by Gasteiger charge is -2.32. The number of aryl methyl sites for hydroxylation is 1. The van der Waals surface area contributed by atoms with Crippen LogP contribution in [-0.2, 0) is 0 Å². The quantitative estimate of drug-likeness (QED) is 0.843. The highest BCUT2D eigenvalue weighted by Crippen LogP contribution is 2.37. The normalized spacial score (nSPS) is 25.4. The monoisotopic (exact) mass is 285 g/mol. The summed E-state index contributed by atoms with van der Waals surface area (Å²) >= 11 is 0. The lowest BCUT2D eigenvalue weighted by atomic mass is 9.85. The lowest BCUT2D eigenvalue weighted by molar-refractivity contribution is -0.182. The molecule has 4 heteroatoms. The molecule has 2 rings (SSSR count). The summed E-state index contributed by atoms with van der Waals surface area (Å²) < 4.78 is 37.9. The Morgan fingerprint density at radius 3 is 2.35 bits per heavy atom. The Hall–Kier alpha value is -1.03. The Balaban J connectivity index is 1.86. The Kier molecular flexibility index (Phi) is 4.74. The van der Waals surface area contributed by atoms with Crippen LogP contribution in [0.1, 0.15) is 49.8 Å². The summed E-state index contributed by atoms with van der Waals surface area (Å²) in [7, 11) is 0. The Labute approximate surface area is 118 Å². The number of nitrogens with one attached hydrogen (secondary N) is 1. The molecule has 1 aliphatic rings. The zero-order valence-corrected chi connectivity index (χ0v) is 12.0. The first-order chi connectivity index (χ1) is 9.36. The molecule has 1 aromatic rings. The molecule has 0 spiro atoms. The van der Waals surface area contributed by atoms with Crippen molar-refractivity contribution in [2.75, 3.05) is 0 Å². The van der Waals surface area contributed by atoms with Crippen molar-refractivity contribution in [3.63, 3.8) is 0 Å². The highest BCUT2D eigenvalue weighted by Gasteiger charge is 2.41. The van der Waals surface area contributed by atoms with Gasteiger partial charge in [-0.25, -0.2) is 0 Å². The van der Waals surface area contributed by atoms with E-state index in [4.69, 9.17) is 0 Å². The molecular weight excluding hydrogens is 263 g/mol. The van der Waals surface area contributed by atoms with Gasteiger partial charge in [0.1, 0.15) is 0 Å². The second-order valence-electron chi connectivity index (χ2n) is 5.89. The van der Waals surface area contributed by atoms with Gasteiger partial charge < -0.3 is 5.32 Å². The molecule has 0 aliphatic heterocycles. The number of hydrogen-bond donors (Lipinski definition) is 1. The fraction of sp³-hybridized carbons (Fsp3) is 0.625. The predicted molar refractivity (Wildman–Crippen MR) is 74.5 cm³/mol. The van der Waals surface area contributed by atoms with Gasteiger partial charge in [-0.3, -0.25) is 0 Å². The minimum Gasteiger partial charge on any atom is -0.307 e. The second-order valence-corrected chi connectivity index (χ2v) is 5.89. The van der Waals surface area contributed by atoms with E-state index in [1.165, 1.54) is 11.1 Å². The lowest BCUT2D eigenvalue weighted by Crippen LogP contribution is -2.38. The van der Waals surface area contributed by atoms with Gasteiger partial charge in [0.05, 0.1) is 5.92 Å². The van der Waals surface area contributed by atoms with Crippen LogP contribution in [0.25, 0.3) is 0 Å². The fourth-order valence-electron chi connectivity index (χ4n) is 2.98. The first-order valence-electron chi connectivity index (χ1n) is 7.25. The van der Waals surface area contributed by atoms with E-state index in [-0.39, 0.29) is 24.9 Å². The van der Waals surface area contributed by atoms with Gasteiger partial charge in [-0.15, -0.1) is 0 Å². The highest BCUT2D eigenvalue weighted by molar-refractivity contribution is 5.24. The Bertz CT molecular complexity index is 434. The van der Waals surface area contributed by atoms with Crippen molar-refractivity contribution in [3.05, 3.63) is 35.4 Å². The maximum atomic E-state index is 12.6. The van der Waals surface area contributed by atoms with Crippen LogP contribution in [0.2, 0.25) is 0 Å². The van der Waals surface area contributed by atoms with Gasteiger partial charge in [0.15, 0.2) is 0 Å². The van der Waals surface area contributed by atoms with Crippen LogP contribution in [0.3, 0.4) is 0 Å². The van der Waals surface area contributed by atoms with E-state index < -0.39 is 12.1 Å². The molecule has 1 fully saturated rings. The van der Waals surface area contributed by atoms with Gasteiger partial charge in [-0.1, -0.05) is 29.8 Å². The van der Waals surface area contributed by atoms with Crippen molar-refractivity contribution in [1.29, 1.82) is 0 Å². The third kappa shape index (κ3) is 3.98. The SMILES string of the molecule is Cc1cccc([C@@H](C)NC2CCC(C(F)(F)F)CC2)c1. The molecule has 1 atom stereocenters. The van der Waals surface area contributed by atoms with Crippen molar-refractivity contribution in [3.8, 4) is 0 Å². The Morgan fingerprint density at radius 2 is 1.80 bits per heavy atom. The molecule has 20 heavy (non-hydrogen) atoms. The first-order valence-corrected chi connectivity index (χ1v) is 7.25. The van der Waals surface area contributed by atoms with Gasteiger partial charge in [-0.05, 0) is 45.1 Å². The summed E-state index contributed by atoms with van der Waals surface area (Å²) in [5.41, 5.74) is 2.40. The minimum atomic E-state index is -4.02. The van der Waals surface area contributed by atoms with E-state index >= 15 is 0 Å². The van der Waals surface area contributed by atoms with Crippen LogP contribution in [0.4, 0.5) is 13.2 Å². The molecule has 0 unspecified atom stereocenters. The van der Waals surface area contributed by atoms with Crippen molar-refractivity contribution in [2.24, 2.45) is 5.92 Å². The highest BCUT2D eigenvalue weighted by atomic mass is 19.4. The second kappa shape index (κ2) is 6.17. The van der Waals surface area contributed by atoms with Crippen LogP contribution < -0.4 is 5.32 Å². The van der Waals surface area contributed by atoms with E-state index in [0.717, 1.165) is 0 Å². The summed E-state index contributed by atoms with van der Waals surface area (Å²) in [5.74, 6) is -1.10. The molecule has 112 valence electrons. The maximum absolute atomic E-state index is 12.6. The molecular formula is C16H22F3N. The summed E-state index contributed by atoms with van der Waals surface area (Å²) in [4.78, 5) is 0. The summed E-state index contributed by atoms with van der Waals surface area (Å²) in [5, 5.41) is 3.47. The van der Waals surface area contributed by atoms with Gasteiger partial charge in [0, 0.05) is 12.1 Å². The largest absolute Gasteiger partial charge is 0.391 e. The van der Waals surface area contributed by atoms with E-state index in [9.17, 15) is 13.2 Å². The molecule has 0 heterocycles. The van der Waals surface area contributed by atoms with Gasteiger partial charge in [0.2, 0.25) is 0 Å². The van der Waals surface area contributed by atoms with Crippen LogP contribution >= 0.6 is 0 Å². The average molecular weight is 285 g/mol. The number of benzene rings is 1. The molecule has 1 N–H and O–H groups in total. The minimum absolute atomic E-state index is 0.183. The van der Waals surface area contributed by atoms with Crippen molar-refractivity contribution in [1.82, 2.24) is 5.32 Å². The van der Waals surface area contributed by atoms with Crippen molar-refractivity contribution < 1.29 is 13.2 Å². The molecule has 1 aliphatic carbocycles. The van der Waals surface area contributed by atoms with E-state index in [2.05, 4.69) is 24.4 Å². The Morgan fingerprint density at radius 1 is 1.15 bits per heavy atom. The molecule has 0 aromatic heterocycles. The smallest absolute Gasteiger partial charge is 0.307 e. The predicted octanol–water partition coefficient (Wildman–Crippen LogP) is 4.77. The molecule has 0 bridgehead atoms. The third-order valence-corrected chi connectivity index (χ3v) is 4.22. The molecule has 0 saturated heterocycles. The topological polar surface area (TPSA) is 12.0 Å². The zero-order valence-electron chi connectivity index (χ0n) is 12.0. The van der Waals surface area contributed by atoms with Crippen LogP contribution in [0.5, 0.6) is 0 Å². The van der Waals surface area contributed by atoms with Gasteiger partial charge in [0.25, 0.3) is 0 Å². The molecule has 1 aromatic carbocycles. The van der Waals surface area contributed by atoms with Gasteiger partial charge in [-0.2, -0.15) is 13.2 Å². The average Bonchev–Trinajstić information content (AvgIpc) is 2.38. The number of halogens is 3. The number of rotatable bonds is 3. The number of alkyl halides is 3. The van der Waals surface area contributed by atoms with Gasteiger partial charge >= 0.3 is 6.18 Å². The van der Waals surface area contributed by atoms with Crippen molar-refractivity contribution >= 4 is 0 Å². The zero-order chi connectivity index (χ0) is 14.8. The molecule has 1 nitrogen and oxygen atoms in total. The standard InChI is InChI=1S/C16H22F3N/c1-11-4-3-5-13(10-11)12(2)20-15-8-6-14(7-9-15)16(17,18)19/h3-5,10,12,14-15,20H,6-9H2,1-2H3/t12-,14?,15?/m1/s1. The fourth-order valence-corrected chi connectivity index (χ4v) is 2.98. The molecule has 0 radical (unpaired) electrons. The van der Waals surface area contributed by atoms with E-state index in [1.54, 1.807) is 0 Å². The summed E-state index contributed by atoms with van der Waals surface area (Å²) in [6, 6.07) is 8.63. The molecule has 1 saturated carbocycles. The summed E-state index contributed by atoms with van der Waals surface area (Å²) in [6.07, 6.45) is -2.29. The van der Waals surface area contributed by atoms with E-state index in [0.29, 0.717) is 12.8 Å². The van der Waals surface area contributed by atoms with Crippen LogP contribution in [0.15, 0.2) is 24.3 Å². The van der Waals surface area contributed by atoms with Crippen molar-refractivity contribution in [2.45, 2.75) is 57.8 Å². The summed E-state index contributed by atoms with van der Waals surface area (Å²) in [6.45, 7) is 4.12. The first kappa shape index (κ1) is 15.4. The van der Waals surface area contributed by atoms with Crippen LogP contribution in [0, 0.1) is 12.8 Å².